The highest BCUT2D eigenvalue weighted by Crippen LogP contribution is 2.26. The lowest BCUT2D eigenvalue weighted by Crippen LogP contribution is -2.42. The van der Waals surface area contributed by atoms with E-state index in [2.05, 4.69) is 5.32 Å². The number of nitrogens with one attached hydrogen (secondary N) is 1. The molecule has 0 amide bonds. The summed E-state index contributed by atoms with van der Waals surface area (Å²) in [6.45, 7) is 2.45. The molecule has 4 nitrogen and oxygen atoms in total. The predicted octanol–water partition coefficient (Wildman–Crippen LogP) is 1.71. The highest BCUT2D eigenvalue weighted by atomic mass is 35.5. The van der Waals surface area contributed by atoms with Gasteiger partial charge in [0.1, 0.15) is 5.75 Å². The van der Waals surface area contributed by atoms with Crippen molar-refractivity contribution in [3.05, 3.63) is 28.8 Å². The monoisotopic (exact) mass is 289 g/mol. The maximum atomic E-state index is 11.5. The van der Waals surface area contributed by atoms with E-state index in [0.29, 0.717) is 18.0 Å². The van der Waals surface area contributed by atoms with Crippen LogP contribution in [0.5, 0.6) is 5.75 Å². The fraction of sp³-hybridized carbons (Fsp3) is 0.500. The van der Waals surface area contributed by atoms with Gasteiger partial charge < -0.3 is 10.4 Å². The molecule has 1 aliphatic heterocycles. The predicted molar refractivity (Wildman–Crippen MR) is 71.6 cm³/mol. The van der Waals surface area contributed by atoms with E-state index in [-0.39, 0.29) is 22.8 Å². The summed E-state index contributed by atoms with van der Waals surface area (Å²) in [5.74, 6) is 0.466. The third-order valence-corrected chi connectivity index (χ3v) is 5.44. The number of phenolic OH excluding ortho intramolecular Hbond substituents is 1. The Kier molecular flexibility index (Phi) is 3.58. The minimum absolute atomic E-state index is 0.0510. The molecule has 1 saturated heterocycles. The fourth-order valence-electron chi connectivity index (χ4n) is 2.13. The van der Waals surface area contributed by atoms with Gasteiger partial charge in [-0.15, -0.1) is 0 Å². The quantitative estimate of drug-likeness (QED) is 0.889. The Morgan fingerprint density at radius 2 is 2.22 bits per heavy atom. The van der Waals surface area contributed by atoms with E-state index in [0.717, 1.165) is 5.56 Å². The molecule has 0 radical (unpaired) electrons. The highest BCUT2D eigenvalue weighted by Gasteiger charge is 2.37. The van der Waals surface area contributed by atoms with Gasteiger partial charge in [0.25, 0.3) is 0 Å². The first-order valence-corrected chi connectivity index (χ1v) is 7.92. The van der Waals surface area contributed by atoms with Gasteiger partial charge in [-0.2, -0.15) is 0 Å². The van der Waals surface area contributed by atoms with Gasteiger partial charge in [0.05, 0.1) is 16.5 Å². The van der Waals surface area contributed by atoms with Crippen molar-refractivity contribution in [1.29, 1.82) is 0 Å². The van der Waals surface area contributed by atoms with E-state index in [1.54, 1.807) is 12.1 Å². The number of rotatable bonds is 3. The molecule has 0 bridgehead atoms. The van der Waals surface area contributed by atoms with Crippen molar-refractivity contribution >= 4 is 21.4 Å². The molecule has 0 saturated carbocycles. The van der Waals surface area contributed by atoms with Crippen molar-refractivity contribution in [1.82, 2.24) is 5.32 Å². The third kappa shape index (κ3) is 3.16. The van der Waals surface area contributed by atoms with Crippen LogP contribution in [-0.4, -0.2) is 30.6 Å². The largest absolute Gasteiger partial charge is 0.506 e. The van der Waals surface area contributed by atoms with Crippen molar-refractivity contribution in [2.45, 2.75) is 25.4 Å². The van der Waals surface area contributed by atoms with Crippen LogP contribution in [0.2, 0.25) is 5.02 Å². The summed E-state index contributed by atoms with van der Waals surface area (Å²) in [6, 6.07) is 4.98. The van der Waals surface area contributed by atoms with Crippen LogP contribution < -0.4 is 5.32 Å². The molecule has 1 aromatic carbocycles. The fourth-order valence-corrected chi connectivity index (χ4v) is 4.45. The van der Waals surface area contributed by atoms with E-state index >= 15 is 0 Å². The molecule has 2 rings (SSSR count). The zero-order valence-electron chi connectivity index (χ0n) is 10.1. The number of aromatic hydroxyl groups is 1. The molecule has 1 aliphatic rings. The van der Waals surface area contributed by atoms with Crippen LogP contribution >= 0.6 is 11.6 Å². The van der Waals surface area contributed by atoms with E-state index < -0.39 is 9.84 Å². The van der Waals surface area contributed by atoms with E-state index in [9.17, 15) is 13.5 Å². The summed E-state index contributed by atoms with van der Waals surface area (Å²) in [5, 5.41) is 12.9. The van der Waals surface area contributed by atoms with Crippen LogP contribution in [0.4, 0.5) is 0 Å². The third-order valence-electron chi connectivity index (χ3n) is 3.23. The van der Waals surface area contributed by atoms with Gasteiger partial charge in [-0.1, -0.05) is 17.7 Å². The first kappa shape index (κ1) is 13.6. The van der Waals surface area contributed by atoms with Gasteiger partial charge in [0.15, 0.2) is 9.84 Å². The summed E-state index contributed by atoms with van der Waals surface area (Å²) >= 11 is 5.82. The van der Waals surface area contributed by atoms with Crippen molar-refractivity contribution in [2.24, 2.45) is 0 Å². The van der Waals surface area contributed by atoms with Gasteiger partial charge in [-0.05, 0) is 31.0 Å². The number of benzene rings is 1. The lowest BCUT2D eigenvalue weighted by atomic mass is 10.0. The van der Waals surface area contributed by atoms with E-state index in [1.807, 2.05) is 6.92 Å². The Balaban J connectivity index is 2.02. The number of sulfone groups is 1. The van der Waals surface area contributed by atoms with Crippen molar-refractivity contribution in [2.75, 3.05) is 11.5 Å². The smallest absolute Gasteiger partial charge is 0.152 e. The second kappa shape index (κ2) is 4.72. The summed E-state index contributed by atoms with van der Waals surface area (Å²) in [4.78, 5) is 0. The maximum absolute atomic E-state index is 11.5. The molecular weight excluding hydrogens is 274 g/mol. The van der Waals surface area contributed by atoms with Crippen molar-refractivity contribution in [3.63, 3.8) is 0 Å². The van der Waals surface area contributed by atoms with Gasteiger partial charge in [-0.25, -0.2) is 8.42 Å². The van der Waals surface area contributed by atoms with Crippen LogP contribution in [0, 0.1) is 0 Å². The number of hydrogen-bond donors (Lipinski definition) is 2. The second-order valence-corrected chi connectivity index (χ2v) is 7.63. The van der Waals surface area contributed by atoms with Gasteiger partial charge >= 0.3 is 0 Å². The van der Waals surface area contributed by atoms with E-state index in [4.69, 9.17) is 11.6 Å². The lowest BCUT2D eigenvalue weighted by molar-refractivity contribution is 0.395. The molecule has 0 spiro atoms. The summed E-state index contributed by atoms with van der Waals surface area (Å²) in [6.07, 6.45) is 0.626. The molecular formula is C12H16ClNO3S. The van der Waals surface area contributed by atoms with Crippen LogP contribution in [0.15, 0.2) is 18.2 Å². The van der Waals surface area contributed by atoms with Gasteiger partial charge in [0, 0.05) is 12.1 Å². The average Bonchev–Trinajstić information content (AvgIpc) is 2.56. The minimum atomic E-state index is -2.90. The number of halogens is 1. The molecule has 1 atom stereocenters. The molecule has 1 fully saturated rings. The summed E-state index contributed by atoms with van der Waals surface area (Å²) in [7, 11) is -2.90. The Morgan fingerprint density at radius 1 is 1.50 bits per heavy atom. The molecule has 6 heteroatoms. The molecule has 0 aliphatic carbocycles. The first-order chi connectivity index (χ1) is 8.30. The van der Waals surface area contributed by atoms with Crippen LogP contribution in [0.1, 0.15) is 18.9 Å². The zero-order valence-corrected chi connectivity index (χ0v) is 11.7. The topological polar surface area (TPSA) is 66.4 Å². The van der Waals surface area contributed by atoms with E-state index in [1.165, 1.54) is 6.07 Å². The molecule has 100 valence electrons. The van der Waals surface area contributed by atoms with Crippen LogP contribution in [0.25, 0.3) is 0 Å². The molecule has 1 heterocycles. The normalized spacial score (nSPS) is 26.3. The minimum Gasteiger partial charge on any atom is -0.506 e. The first-order valence-electron chi connectivity index (χ1n) is 5.73. The Morgan fingerprint density at radius 3 is 2.78 bits per heavy atom. The van der Waals surface area contributed by atoms with Gasteiger partial charge in [-0.3, -0.25) is 0 Å². The Hall–Kier alpha value is -0.780. The molecule has 1 aromatic rings. The maximum Gasteiger partial charge on any atom is 0.152 e. The Bertz CT molecular complexity index is 558. The van der Waals surface area contributed by atoms with Crippen molar-refractivity contribution < 1.29 is 13.5 Å². The lowest BCUT2D eigenvalue weighted by Gasteiger charge is -2.24. The van der Waals surface area contributed by atoms with Gasteiger partial charge in [0.2, 0.25) is 0 Å². The average molecular weight is 290 g/mol. The summed E-state index contributed by atoms with van der Waals surface area (Å²) in [5.41, 5.74) is 0.548. The standard InChI is InChI=1S/C12H16ClNO3S/c1-12(4-5-18(16,17)8-12)14-7-9-2-3-11(15)10(13)6-9/h2-3,6,14-15H,4-5,7-8H2,1H3. The van der Waals surface area contributed by atoms with Crippen LogP contribution in [-0.2, 0) is 16.4 Å². The van der Waals surface area contributed by atoms with Crippen molar-refractivity contribution in [3.8, 4) is 5.75 Å². The Labute approximate surface area is 112 Å². The molecule has 0 aromatic heterocycles. The number of phenols is 1. The SMILES string of the molecule is CC1(NCc2ccc(O)c(Cl)c2)CCS(=O)(=O)C1. The molecule has 1 unspecified atom stereocenters. The number of hydrogen-bond acceptors (Lipinski definition) is 4. The van der Waals surface area contributed by atoms with Crippen LogP contribution in [0.3, 0.4) is 0 Å². The molecule has 18 heavy (non-hydrogen) atoms. The second-order valence-electron chi connectivity index (χ2n) is 5.04. The summed E-state index contributed by atoms with van der Waals surface area (Å²) < 4.78 is 22.9. The zero-order chi connectivity index (χ0) is 13.4. The highest BCUT2D eigenvalue weighted by molar-refractivity contribution is 7.91. The molecule has 2 N–H and O–H groups in total.